The maximum atomic E-state index is 12.9. The van der Waals surface area contributed by atoms with Crippen molar-refractivity contribution in [2.24, 2.45) is 0 Å². The number of aliphatic hydroxyl groups is 1. The van der Waals surface area contributed by atoms with E-state index in [1.807, 2.05) is 13.0 Å². The molecule has 0 radical (unpaired) electrons. The van der Waals surface area contributed by atoms with Crippen molar-refractivity contribution in [1.82, 2.24) is 25.1 Å². The highest BCUT2D eigenvalue weighted by Crippen LogP contribution is 2.29. The van der Waals surface area contributed by atoms with Crippen molar-refractivity contribution in [1.29, 1.82) is 0 Å². The Morgan fingerprint density at radius 1 is 1.27 bits per heavy atom. The Bertz CT molecular complexity index is 1100. The minimum Gasteiger partial charge on any atom is -0.383 e. The zero-order chi connectivity index (χ0) is 24.0. The molecule has 3 N–H and O–H groups in total. The van der Waals surface area contributed by atoms with Gasteiger partial charge in [0.15, 0.2) is 6.10 Å². The lowest BCUT2D eigenvalue weighted by Gasteiger charge is -2.11. The lowest BCUT2D eigenvalue weighted by Crippen LogP contribution is -2.38. The third-order valence-electron chi connectivity index (χ3n) is 4.51. The van der Waals surface area contributed by atoms with E-state index in [-0.39, 0.29) is 19.0 Å². The van der Waals surface area contributed by atoms with Crippen LogP contribution in [0, 0.1) is 6.92 Å². The second-order valence-corrected chi connectivity index (χ2v) is 7.23. The summed E-state index contributed by atoms with van der Waals surface area (Å²) < 4.78 is 45.0. The van der Waals surface area contributed by atoms with Gasteiger partial charge in [0.05, 0.1) is 19.3 Å². The summed E-state index contributed by atoms with van der Waals surface area (Å²) in [7, 11) is 1.51. The Labute approximate surface area is 187 Å². The molecule has 0 spiro atoms. The number of amides is 1. The van der Waals surface area contributed by atoms with E-state index in [4.69, 9.17) is 4.74 Å². The van der Waals surface area contributed by atoms with Crippen LogP contribution in [-0.4, -0.2) is 57.1 Å². The molecule has 0 aliphatic rings. The van der Waals surface area contributed by atoms with Crippen molar-refractivity contribution in [2.45, 2.75) is 25.7 Å². The van der Waals surface area contributed by atoms with Gasteiger partial charge in [0, 0.05) is 37.3 Å². The van der Waals surface area contributed by atoms with E-state index in [1.54, 1.807) is 24.5 Å². The van der Waals surface area contributed by atoms with Crippen LogP contribution in [0.25, 0.3) is 11.1 Å². The average molecular weight is 464 g/mol. The molecule has 1 aromatic carbocycles. The number of nitrogens with zero attached hydrogens (tertiary/aromatic N) is 4. The molecule has 2 heterocycles. The van der Waals surface area contributed by atoms with Gasteiger partial charge in [-0.1, -0.05) is 6.07 Å². The molecule has 9 nitrogen and oxygen atoms in total. The van der Waals surface area contributed by atoms with Crippen LogP contribution in [0.2, 0.25) is 0 Å². The first kappa shape index (κ1) is 24.1. The number of nitrogens with one attached hydrogen (secondary N) is 2. The number of aromatic nitrogens is 4. The average Bonchev–Trinajstić information content (AvgIpc) is 3.21. The van der Waals surface area contributed by atoms with Crippen LogP contribution in [0.4, 0.5) is 24.8 Å². The predicted molar refractivity (Wildman–Crippen MR) is 114 cm³/mol. The maximum Gasteiger partial charge on any atom is 0.433 e. The van der Waals surface area contributed by atoms with Crippen molar-refractivity contribution in [3.05, 3.63) is 54.1 Å². The number of rotatable bonds is 9. The molecule has 2 aromatic heterocycles. The Kier molecular flexibility index (Phi) is 7.61. The zero-order valence-electron chi connectivity index (χ0n) is 17.9. The second kappa shape index (κ2) is 10.4. The molecule has 0 bridgehead atoms. The van der Waals surface area contributed by atoms with Crippen LogP contribution >= 0.6 is 0 Å². The standard InChI is InChI=1S/C21H23F3N6O3/c1-13-7-14(9-16(8-13)28-20-26-4-3-18(29-20)21(22,23)24)15-10-27-30(11-15)12-17(31)19(32)25-5-6-33-2/h3-4,7-11,17,31H,5-6,12H2,1-2H3,(H,25,32)(H,26,28,29). The first-order valence-corrected chi connectivity index (χ1v) is 9.92. The third-order valence-corrected chi connectivity index (χ3v) is 4.51. The number of halogens is 3. The molecule has 0 fully saturated rings. The molecular formula is C21H23F3N6O3. The number of alkyl halides is 3. The summed E-state index contributed by atoms with van der Waals surface area (Å²) in [5.74, 6) is -0.716. The summed E-state index contributed by atoms with van der Waals surface area (Å²) >= 11 is 0. The molecule has 1 amide bonds. The molecule has 0 aliphatic heterocycles. The molecule has 0 aliphatic carbocycles. The Balaban J connectivity index is 1.73. The number of anilines is 2. The molecule has 0 saturated heterocycles. The zero-order valence-corrected chi connectivity index (χ0v) is 17.9. The second-order valence-electron chi connectivity index (χ2n) is 7.23. The third kappa shape index (κ3) is 6.73. The summed E-state index contributed by atoms with van der Waals surface area (Å²) in [6, 6.07) is 6.12. The molecule has 3 aromatic rings. The number of benzene rings is 1. The quantitative estimate of drug-likeness (QED) is 0.417. The normalized spacial score (nSPS) is 12.4. The fourth-order valence-electron chi connectivity index (χ4n) is 2.99. The summed E-state index contributed by atoms with van der Waals surface area (Å²) in [6.07, 6.45) is -1.60. The number of hydrogen-bond acceptors (Lipinski definition) is 7. The van der Waals surface area contributed by atoms with Crippen molar-refractivity contribution in [3.8, 4) is 11.1 Å². The van der Waals surface area contributed by atoms with Crippen molar-refractivity contribution in [2.75, 3.05) is 25.6 Å². The highest BCUT2D eigenvalue weighted by molar-refractivity contribution is 5.80. The first-order chi connectivity index (χ1) is 15.7. The lowest BCUT2D eigenvalue weighted by molar-refractivity contribution is -0.141. The fraction of sp³-hybridized carbons (Fsp3) is 0.333. The van der Waals surface area contributed by atoms with Gasteiger partial charge in [-0.3, -0.25) is 9.48 Å². The molecule has 3 rings (SSSR count). The molecule has 1 atom stereocenters. The number of aryl methyl sites for hydroxylation is 1. The van der Waals surface area contributed by atoms with Crippen molar-refractivity contribution >= 4 is 17.5 Å². The van der Waals surface area contributed by atoms with Gasteiger partial charge >= 0.3 is 6.18 Å². The topological polar surface area (TPSA) is 114 Å². The first-order valence-electron chi connectivity index (χ1n) is 9.92. The van der Waals surface area contributed by atoms with Gasteiger partial charge in [0.1, 0.15) is 5.69 Å². The minimum atomic E-state index is -4.57. The van der Waals surface area contributed by atoms with E-state index in [0.29, 0.717) is 17.9 Å². The molecule has 176 valence electrons. The Morgan fingerprint density at radius 2 is 2.06 bits per heavy atom. The van der Waals surface area contributed by atoms with Crippen LogP contribution in [0.3, 0.4) is 0 Å². The number of carbonyl (C=O) groups excluding carboxylic acids is 1. The van der Waals surface area contributed by atoms with E-state index in [0.717, 1.165) is 23.4 Å². The fourth-order valence-corrected chi connectivity index (χ4v) is 2.99. The largest absolute Gasteiger partial charge is 0.433 e. The van der Waals surface area contributed by atoms with Gasteiger partial charge in [-0.05, 0) is 36.2 Å². The van der Waals surface area contributed by atoms with Gasteiger partial charge in [-0.2, -0.15) is 18.3 Å². The van der Waals surface area contributed by atoms with Gasteiger partial charge in [-0.15, -0.1) is 0 Å². The highest BCUT2D eigenvalue weighted by Gasteiger charge is 2.32. The van der Waals surface area contributed by atoms with Crippen molar-refractivity contribution < 1.29 is 27.8 Å². The molecule has 33 heavy (non-hydrogen) atoms. The van der Waals surface area contributed by atoms with E-state index < -0.39 is 23.9 Å². The lowest BCUT2D eigenvalue weighted by atomic mass is 10.1. The predicted octanol–water partition coefficient (Wildman–Crippen LogP) is 2.53. The summed E-state index contributed by atoms with van der Waals surface area (Å²) in [4.78, 5) is 19.3. The summed E-state index contributed by atoms with van der Waals surface area (Å²) in [6.45, 7) is 2.40. The van der Waals surface area contributed by atoms with E-state index in [1.165, 1.54) is 11.8 Å². The van der Waals surface area contributed by atoms with Gasteiger partial charge in [0.2, 0.25) is 5.95 Å². The van der Waals surface area contributed by atoms with Crippen LogP contribution in [0.1, 0.15) is 11.3 Å². The monoisotopic (exact) mass is 464 g/mol. The summed E-state index contributed by atoms with van der Waals surface area (Å²) in [5, 5.41) is 19.6. The van der Waals surface area contributed by atoms with Crippen molar-refractivity contribution in [3.63, 3.8) is 0 Å². The molecule has 0 saturated carbocycles. The van der Waals surface area contributed by atoms with Gasteiger partial charge in [-0.25, -0.2) is 9.97 Å². The Morgan fingerprint density at radius 3 is 2.79 bits per heavy atom. The Hall–Kier alpha value is -3.51. The summed E-state index contributed by atoms with van der Waals surface area (Å²) in [5.41, 5.74) is 1.72. The van der Waals surface area contributed by atoms with Crippen LogP contribution in [0.15, 0.2) is 42.9 Å². The number of aliphatic hydroxyl groups excluding tert-OH is 1. The van der Waals surface area contributed by atoms with Crippen LogP contribution in [-0.2, 0) is 22.3 Å². The maximum absolute atomic E-state index is 12.9. The number of hydrogen-bond donors (Lipinski definition) is 3. The van der Waals surface area contributed by atoms with E-state index >= 15 is 0 Å². The number of ether oxygens (including phenoxy) is 1. The SMILES string of the molecule is COCCNC(=O)C(O)Cn1cc(-c2cc(C)cc(Nc3nccc(C(F)(F)F)n3)c2)cn1. The molecular weight excluding hydrogens is 441 g/mol. The smallest absolute Gasteiger partial charge is 0.383 e. The van der Waals surface area contributed by atoms with E-state index in [9.17, 15) is 23.1 Å². The highest BCUT2D eigenvalue weighted by atomic mass is 19.4. The number of methoxy groups -OCH3 is 1. The minimum absolute atomic E-state index is 0.0478. The number of carbonyl (C=O) groups is 1. The van der Waals surface area contributed by atoms with Crippen LogP contribution < -0.4 is 10.6 Å². The molecule has 12 heteroatoms. The van der Waals surface area contributed by atoms with Crippen LogP contribution in [0.5, 0.6) is 0 Å². The molecule has 1 unspecified atom stereocenters. The van der Waals surface area contributed by atoms with E-state index in [2.05, 4.69) is 25.7 Å². The van der Waals surface area contributed by atoms with Gasteiger partial charge in [0.25, 0.3) is 5.91 Å². The van der Waals surface area contributed by atoms with Gasteiger partial charge < -0.3 is 20.5 Å².